The highest BCUT2D eigenvalue weighted by atomic mass is 79.9. The number of amides is 2. The number of carbonyl (C=O) groups is 2. The number of hydrogen-bond acceptors (Lipinski definition) is 4. The number of benzene rings is 1. The molecule has 3 N–H and O–H groups in total. The second-order valence-electron chi connectivity index (χ2n) is 11.4. The van der Waals surface area contributed by atoms with E-state index in [1.54, 1.807) is 12.1 Å². The van der Waals surface area contributed by atoms with E-state index in [2.05, 4.69) is 21.2 Å². The molecule has 4 aliphatic carbocycles. The molecule has 3 atom stereocenters. The molecule has 1 aromatic rings. The van der Waals surface area contributed by atoms with Gasteiger partial charge in [0.05, 0.1) is 22.3 Å². The van der Waals surface area contributed by atoms with Gasteiger partial charge in [0.25, 0.3) is 0 Å². The van der Waals surface area contributed by atoms with Crippen molar-refractivity contribution >= 4 is 66.8 Å². The summed E-state index contributed by atoms with van der Waals surface area (Å²) in [5.41, 5.74) is 5.75. The standard InChI is InChI=1S/C24H31BrCl2N4O4S/c1-13-10-30(36(34,35)31(11-13)23-18(26)4-17(25)5-19(23)27)12-21(33)29-22-15-2-14-3-16(22)8-24(6-14,7-15)9-20(28)32/h4-5,13-16,22H,2-3,6-12H2,1H3,(H2,28,32)(H,29,33). The quantitative estimate of drug-likeness (QED) is 0.501. The van der Waals surface area contributed by atoms with Crippen LogP contribution in [0.25, 0.3) is 0 Å². The average molecular weight is 622 g/mol. The summed E-state index contributed by atoms with van der Waals surface area (Å²) in [6, 6.07) is 3.21. The van der Waals surface area contributed by atoms with Crippen molar-refractivity contribution in [2.24, 2.45) is 34.8 Å². The van der Waals surface area contributed by atoms with Crippen LogP contribution in [-0.2, 0) is 19.8 Å². The Hall–Kier alpha value is -1.07. The summed E-state index contributed by atoms with van der Waals surface area (Å²) in [7, 11) is -4.02. The zero-order valence-corrected chi connectivity index (χ0v) is 24.0. The molecule has 1 aliphatic heterocycles. The number of hydrogen-bond donors (Lipinski definition) is 2. The van der Waals surface area contributed by atoms with Gasteiger partial charge < -0.3 is 11.1 Å². The molecule has 5 aliphatic rings. The molecule has 12 heteroatoms. The Morgan fingerprint density at radius 2 is 1.75 bits per heavy atom. The zero-order chi connectivity index (χ0) is 26.0. The van der Waals surface area contributed by atoms with Gasteiger partial charge in [-0.3, -0.25) is 13.9 Å². The molecule has 0 aromatic heterocycles. The topological polar surface area (TPSA) is 113 Å². The highest BCUT2D eigenvalue weighted by molar-refractivity contribution is 9.10. The number of primary amides is 1. The van der Waals surface area contributed by atoms with Crippen molar-refractivity contribution in [3.8, 4) is 0 Å². The SMILES string of the molecule is CC1CN(CC(=O)NC2C3CC4CC2CC(CC(N)=O)(C4)C3)S(=O)(=O)N(c2c(Cl)cc(Br)cc2Cl)C1. The molecule has 3 unspecified atom stereocenters. The average Bonchev–Trinajstić information content (AvgIpc) is 2.72. The van der Waals surface area contributed by atoms with E-state index in [0.29, 0.717) is 28.6 Å². The fourth-order valence-electron chi connectivity index (χ4n) is 7.55. The van der Waals surface area contributed by atoms with Crippen molar-refractivity contribution < 1.29 is 18.0 Å². The fourth-order valence-corrected chi connectivity index (χ4v) is 10.9. The molecule has 4 saturated carbocycles. The van der Waals surface area contributed by atoms with Gasteiger partial charge in [-0.25, -0.2) is 0 Å². The number of rotatable bonds is 6. The van der Waals surface area contributed by atoms with Gasteiger partial charge in [0.15, 0.2) is 0 Å². The van der Waals surface area contributed by atoms with Gasteiger partial charge in [0.1, 0.15) is 0 Å². The first kappa shape index (κ1) is 26.5. The number of nitrogens with two attached hydrogens (primary N) is 1. The lowest BCUT2D eigenvalue weighted by Gasteiger charge is -2.60. The third-order valence-corrected chi connectivity index (χ3v) is 11.3. The predicted octanol–water partition coefficient (Wildman–Crippen LogP) is 3.95. The van der Waals surface area contributed by atoms with Crippen molar-refractivity contribution in [3.05, 3.63) is 26.7 Å². The van der Waals surface area contributed by atoms with Crippen molar-refractivity contribution in [2.45, 2.75) is 51.5 Å². The van der Waals surface area contributed by atoms with Crippen LogP contribution < -0.4 is 15.4 Å². The van der Waals surface area contributed by atoms with Crippen LogP contribution in [0, 0.1) is 29.1 Å². The molecule has 198 valence electrons. The first-order chi connectivity index (χ1) is 16.9. The van der Waals surface area contributed by atoms with Crippen LogP contribution in [0.2, 0.25) is 10.0 Å². The van der Waals surface area contributed by atoms with Crippen molar-refractivity contribution in [2.75, 3.05) is 23.9 Å². The normalized spacial score (nSPS) is 35.1. The van der Waals surface area contributed by atoms with Crippen LogP contribution in [-0.4, -0.2) is 50.2 Å². The molecule has 8 nitrogen and oxygen atoms in total. The predicted molar refractivity (Wildman–Crippen MR) is 143 cm³/mol. The Morgan fingerprint density at radius 3 is 2.33 bits per heavy atom. The molecule has 2 amide bonds. The lowest BCUT2D eigenvalue weighted by Crippen LogP contribution is -2.61. The maximum atomic E-state index is 13.6. The Morgan fingerprint density at radius 1 is 1.14 bits per heavy atom. The molecule has 5 fully saturated rings. The van der Waals surface area contributed by atoms with Gasteiger partial charge in [-0.2, -0.15) is 12.7 Å². The van der Waals surface area contributed by atoms with Gasteiger partial charge >= 0.3 is 10.2 Å². The highest BCUT2D eigenvalue weighted by Crippen LogP contribution is 2.61. The summed E-state index contributed by atoms with van der Waals surface area (Å²) in [6.45, 7) is 2.13. The highest BCUT2D eigenvalue weighted by Gasteiger charge is 2.56. The third-order valence-electron chi connectivity index (χ3n) is 8.43. The molecule has 0 spiro atoms. The zero-order valence-electron chi connectivity index (χ0n) is 20.1. The molecule has 1 aromatic carbocycles. The van der Waals surface area contributed by atoms with E-state index >= 15 is 0 Å². The van der Waals surface area contributed by atoms with E-state index in [0.717, 1.165) is 32.1 Å². The van der Waals surface area contributed by atoms with E-state index in [1.165, 1.54) is 8.61 Å². The van der Waals surface area contributed by atoms with E-state index in [4.69, 9.17) is 28.9 Å². The van der Waals surface area contributed by atoms with Crippen molar-refractivity contribution in [1.82, 2.24) is 9.62 Å². The van der Waals surface area contributed by atoms with Gasteiger partial charge in [-0.1, -0.05) is 46.1 Å². The molecule has 4 bridgehead atoms. The number of nitrogens with one attached hydrogen (secondary N) is 1. The van der Waals surface area contributed by atoms with Gasteiger partial charge in [0, 0.05) is 30.0 Å². The molecular weight excluding hydrogens is 591 g/mol. The molecule has 6 rings (SSSR count). The monoisotopic (exact) mass is 620 g/mol. The summed E-state index contributed by atoms with van der Waals surface area (Å²) in [5, 5.41) is 3.61. The van der Waals surface area contributed by atoms with Gasteiger partial charge in [0.2, 0.25) is 11.8 Å². The number of carbonyl (C=O) groups excluding carboxylic acids is 2. The first-order valence-electron chi connectivity index (χ1n) is 12.4. The van der Waals surface area contributed by atoms with E-state index < -0.39 is 10.2 Å². The van der Waals surface area contributed by atoms with E-state index in [-0.39, 0.29) is 64.6 Å². The summed E-state index contributed by atoms with van der Waals surface area (Å²) >= 11 is 16.1. The van der Waals surface area contributed by atoms with Crippen LogP contribution in [0.4, 0.5) is 5.69 Å². The number of nitrogens with zero attached hydrogens (tertiary/aromatic N) is 2. The lowest BCUT2D eigenvalue weighted by molar-refractivity contribution is -0.134. The Kier molecular flexibility index (Phi) is 7.07. The molecular formula is C24H31BrCl2N4O4S. The third kappa shape index (κ3) is 4.88. The van der Waals surface area contributed by atoms with E-state index in [1.807, 2.05) is 6.92 Å². The fraction of sp³-hybridized carbons (Fsp3) is 0.667. The van der Waals surface area contributed by atoms with Crippen LogP contribution in [0.1, 0.15) is 45.4 Å². The Balaban J connectivity index is 1.31. The molecule has 1 saturated heterocycles. The molecule has 36 heavy (non-hydrogen) atoms. The lowest BCUT2D eigenvalue weighted by atomic mass is 9.47. The van der Waals surface area contributed by atoms with Crippen LogP contribution in [0.15, 0.2) is 16.6 Å². The minimum Gasteiger partial charge on any atom is -0.370 e. The Bertz CT molecular complexity index is 1160. The van der Waals surface area contributed by atoms with Crippen molar-refractivity contribution in [1.29, 1.82) is 0 Å². The van der Waals surface area contributed by atoms with Crippen LogP contribution >= 0.6 is 39.1 Å². The van der Waals surface area contributed by atoms with Crippen molar-refractivity contribution in [3.63, 3.8) is 0 Å². The minimum absolute atomic E-state index is 0.00596. The summed E-state index contributed by atoms with van der Waals surface area (Å²) in [6.07, 6.45) is 5.32. The minimum atomic E-state index is -4.02. The second kappa shape index (κ2) is 9.59. The summed E-state index contributed by atoms with van der Waals surface area (Å²) in [4.78, 5) is 24.9. The second-order valence-corrected chi connectivity index (χ2v) is 14.9. The maximum absolute atomic E-state index is 13.6. The smallest absolute Gasteiger partial charge is 0.304 e. The first-order valence-corrected chi connectivity index (χ1v) is 15.3. The largest absolute Gasteiger partial charge is 0.370 e. The van der Waals surface area contributed by atoms with E-state index in [9.17, 15) is 18.0 Å². The van der Waals surface area contributed by atoms with Crippen LogP contribution in [0.3, 0.4) is 0 Å². The summed E-state index contributed by atoms with van der Waals surface area (Å²) < 4.78 is 30.2. The Labute approximate surface area is 230 Å². The number of halogens is 3. The maximum Gasteiger partial charge on any atom is 0.304 e. The molecule has 0 radical (unpaired) electrons. The molecule has 1 heterocycles. The summed E-state index contributed by atoms with van der Waals surface area (Å²) in [5.74, 6) is 0.584. The van der Waals surface area contributed by atoms with Gasteiger partial charge in [-0.15, -0.1) is 0 Å². The number of anilines is 1. The van der Waals surface area contributed by atoms with Crippen LogP contribution in [0.5, 0.6) is 0 Å². The van der Waals surface area contributed by atoms with Gasteiger partial charge in [-0.05, 0) is 73.3 Å².